The number of amides is 1. The predicted octanol–water partition coefficient (Wildman–Crippen LogP) is 1.84. The molecule has 0 atom stereocenters. The number of ether oxygens (including phenoxy) is 1. The molecule has 0 spiro atoms. The van der Waals surface area contributed by atoms with Crippen LogP contribution in [0.1, 0.15) is 52.4 Å². The first-order chi connectivity index (χ1) is 11.0. The topological polar surface area (TPSA) is 65.6 Å². The summed E-state index contributed by atoms with van der Waals surface area (Å²) in [5.74, 6) is -0.389. The minimum atomic E-state index is -0.378. The lowest BCUT2D eigenvalue weighted by atomic mass is 10.0. The van der Waals surface area contributed by atoms with Crippen LogP contribution < -0.4 is 0 Å². The summed E-state index contributed by atoms with van der Waals surface area (Å²) in [5, 5.41) is 0. The van der Waals surface area contributed by atoms with Crippen molar-refractivity contribution in [3.05, 3.63) is 22.5 Å². The molecule has 1 fully saturated rings. The van der Waals surface area contributed by atoms with Gasteiger partial charge < -0.3 is 19.5 Å². The van der Waals surface area contributed by atoms with Crippen LogP contribution >= 0.6 is 0 Å². The number of rotatable bonds is 5. The molecule has 0 radical (unpaired) electrons. The van der Waals surface area contributed by atoms with E-state index in [0.717, 1.165) is 44.7 Å². The summed E-state index contributed by atoms with van der Waals surface area (Å²) < 4.78 is 4.88. The molecule has 2 heterocycles. The zero-order valence-electron chi connectivity index (χ0n) is 14.6. The van der Waals surface area contributed by atoms with Gasteiger partial charge in [0.05, 0.1) is 12.7 Å². The van der Waals surface area contributed by atoms with Crippen molar-refractivity contribution in [2.24, 2.45) is 0 Å². The van der Waals surface area contributed by atoms with E-state index < -0.39 is 0 Å². The summed E-state index contributed by atoms with van der Waals surface area (Å²) in [4.78, 5) is 32.3. The van der Waals surface area contributed by atoms with Gasteiger partial charge in [-0.1, -0.05) is 20.3 Å². The molecule has 1 aliphatic heterocycles. The molecule has 1 aliphatic rings. The van der Waals surface area contributed by atoms with Gasteiger partial charge in [-0.05, 0) is 25.5 Å². The highest BCUT2D eigenvalue weighted by Gasteiger charge is 2.28. The number of nitrogens with one attached hydrogen (secondary N) is 1. The van der Waals surface area contributed by atoms with Gasteiger partial charge in [0.15, 0.2) is 0 Å². The number of likely N-dealkylation sites (N-methyl/N-ethyl adjacent to an activating group) is 1. The standard InChI is InChI=1S/C17H27N3O3/c1-5-7-13-14(17(22)23-4)12(3)18-15(13)16(21)20-10-8-19(6-2)9-11-20/h18H,5-11H2,1-4H3. The minimum absolute atomic E-state index is 0.0116. The van der Waals surface area contributed by atoms with Gasteiger partial charge in [-0.15, -0.1) is 0 Å². The Bertz CT molecular complexity index is 572. The third-order valence-corrected chi connectivity index (χ3v) is 4.50. The van der Waals surface area contributed by atoms with Crippen LogP contribution in [0.15, 0.2) is 0 Å². The number of nitrogens with zero attached hydrogens (tertiary/aromatic N) is 2. The summed E-state index contributed by atoms with van der Waals surface area (Å²) >= 11 is 0. The zero-order chi connectivity index (χ0) is 17.0. The van der Waals surface area contributed by atoms with Crippen LogP contribution in [0.25, 0.3) is 0 Å². The number of aromatic nitrogens is 1. The fourth-order valence-electron chi connectivity index (χ4n) is 3.16. The first-order valence-corrected chi connectivity index (χ1v) is 8.34. The number of hydrogen-bond acceptors (Lipinski definition) is 4. The molecule has 128 valence electrons. The van der Waals surface area contributed by atoms with Crippen LogP contribution in [0, 0.1) is 6.92 Å². The third kappa shape index (κ3) is 3.58. The van der Waals surface area contributed by atoms with Gasteiger partial charge in [-0.2, -0.15) is 0 Å². The van der Waals surface area contributed by atoms with Crippen molar-refractivity contribution >= 4 is 11.9 Å². The molecule has 1 aromatic rings. The number of carbonyl (C=O) groups excluding carboxylic acids is 2. The van der Waals surface area contributed by atoms with Crippen molar-refractivity contribution in [2.45, 2.75) is 33.6 Å². The smallest absolute Gasteiger partial charge is 0.339 e. The van der Waals surface area contributed by atoms with Crippen molar-refractivity contribution in [2.75, 3.05) is 39.8 Å². The molecule has 0 aromatic carbocycles. The zero-order valence-corrected chi connectivity index (χ0v) is 14.6. The van der Waals surface area contributed by atoms with E-state index in [0.29, 0.717) is 23.4 Å². The molecular weight excluding hydrogens is 294 g/mol. The fourth-order valence-corrected chi connectivity index (χ4v) is 3.16. The van der Waals surface area contributed by atoms with Crippen LogP contribution in [-0.2, 0) is 11.2 Å². The van der Waals surface area contributed by atoms with Crippen LogP contribution in [0.4, 0.5) is 0 Å². The number of aryl methyl sites for hydroxylation is 1. The molecule has 6 heteroatoms. The van der Waals surface area contributed by atoms with Gasteiger partial charge in [0.1, 0.15) is 5.69 Å². The lowest BCUT2D eigenvalue weighted by Crippen LogP contribution is -2.48. The quantitative estimate of drug-likeness (QED) is 0.841. The number of methoxy groups -OCH3 is 1. The molecule has 1 aromatic heterocycles. The highest BCUT2D eigenvalue weighted by atomic mass is 16.5. The summed E-state index contributed by atoms with van der Waals surface area (Å²) in [6, 6.07) is 0. The lowest BCUT2D eigenvalue weighted by molar-refractivity contribution is 0.0599. The first-order valence-electron chi connectivity index (χ1n) is 8.34. The largest absolute Gasteiger partial charge is 0.465 e. The second-order valence-electron chi connectivity index (χ2n) is 5.95. The van der Waals surface area contributed by atoms with Gasteiger partial charge in [0.2, 0.25) is 0 Å². The number of hydrogen-bond donors (Lipinski definition) is 1. The van der Waals surface area contributed by atoms with E-state index in [1.807, 2.05) is 18.7 Å². The fraction of sp³-hybridized carbons (Fsp3) is 0.647. The van der Waals surface area contributed by atoms with Crippen molar-refractivity contribution in [3.63, 3.8) is 0 Å². The van der Waals surface area contributed by atoms with Crippen molar-refractivity contribution in [1.82, 2.24) is 14.8 Å². The molecule has 1 amide bonds. The Morgan fingerprint density at radius 1 is 1.17 bits per heavy atom. The van der Waals surface area contributed by atoms with E-state index in [2.05, 4.69) is 16.8 Å². The highest BCUT2D eigenvalue weighted by Crippen LogP contribution is 2.23. The molecule has 1 N–H and O–H groups in total. The van der Waals surface area contributed by atoms with Crippen molar-refractivity contribution in [1.29, 1.82) is 0 Å². The SMILES string of the molecule is CCCc1c(C(=O)N2CCN(CC)CC2)[nH]c(C)c1C(=O)OC. The average molecular weight is 321 g/mol. The summed E-state index contributed by atoms with van der Waals surface area (Å²) in [7, 11) is 1.37. The van der Waals surface area contributed by atoms with Gasteiger partial charge in [0.25, 0.3) is 5.91 Å². The molecule has 0 aliphatic carbocycles. The van der Waals surface area contributed by atoms with E-state index in [9.17, 15) is 9.59 Å². The number of aromatic amines is 1. The van der Waals surface area contributed by atoms with Crippen LogP contribution in [0.5, 0.6) is 0 Å². The maximum absolute atomic E-state index is 12.9. The summed E-state index contributed by atoms with van der Waals surface area (Å²) in [6.45, 7) is 10.2. The Labute approximate surface area is 137 Å². The molecule has 0 bridgehead atoms. The normalized spacial score (nSPS) is 15.7. The Hall–Kier alpha value is -1.82. The Morgan fingerprint density at radius 2 is 1.83 bits per heavy atom. The van der Waals surface area contributed by atoms with E-state index in [-0.39, 0.29) is 11.9 Å². The van der Waals surface area contributed by atoms with Gasteiger partial charge in [-0.25, -0.2) is 4.79 Å². The van der Waals surface area contributed by atoms with Crippen molar-refractivity contribution < 1.29 is 14.3 Å². The molecule has 0 saturated carbocycles. The maximum atomic E-state index is 12.9. The van der Waals surface area contributed by atoms with Gasteiger partial charge in [0, 0.05) is 31.9 Å². The molecule has 2 rings (SSSR count). The predicted molar refractivity (Wildman–Crippen MR) is 88.9 cm³/mol. The van der Waals surface area contributed by atoms with Crippen molar-refractivity contribution in [3.8, 4) is 0 Å². The molecule has 0 unspecified atom stereocenters. The Kier molecular flexibility index (Phi) is 5.82. The summed E-state index contributed by atoms with van der Waals surface area (Å²) in [6.07, 6.45) is 1.55. The van der Waals surface area contributed by atoms with Gasteiger partial charge >= 0.3 is 5.97 Å². The number of carbonyl (C=O) groups is 2. The second kappa shape index (κ2) is 7.64. The molecule has 6 nitrogen and oxygen atoms in total. The lowest BCUT2D eigenvalue weighted by Gasteiger charge is -2.34. The maximum Gasteiger partial charge on any atom is 0.339 e. The Morgan fingerprint density at radius 3 is 2.35 bits per heavy atom. The van der Waals surface area contributed by atoms with Crippen LogP contribution in [0.2, 0.25) is 0 Å². The average Bonchev–Trinajstić information content (AvgIpc) is 2.90. The molecular formula is C17H27N3O3. The number of H-pyrrole nitrogens is 1. The molecule has 23 heavy (non-hydrogen) atoms. The van der Waals surface area contributed by atoms with Crippen LogP contribution in [0.3, 0.4) is 0 Å². The molecule has 1 saturated heterocycles. The highest BCUT2D eigenvalue weighted by molar-refractivity contribution is 6.00. The number of esters is 1. The minimum Gasteiger partial charge on any atom is -0.465 e. The van der Waals surface area contributed by atoms with E-state index in [1.54, 1.807) is 0 Å². The Balaban J connectivity index is 2.28. The first kappa shape index (κ1) is 17.5. The second-order valence-corrected chi connectivity index (χ2v) is 5.95. The third-order valence-electron chi connectivity index (χ3n) is 4.50. The van der Waals surface area contributed by atoms with Crippen LogP contribution in [-0.4, -0.2) is 66.5 Å². The van der Waals surface area contributed by atoms with E-state index in [1.165, 1.54) is 7.11 Å². The van der Waals surface area contributed by atoms with E-state index >= 15 is 0 Å². The summed E-state index contributed by atoms with van der Waals surface area (Å²) in [5.41, 5.74) is 2.57. The van der Waals surface area contributed by atoms with Gasteiger partial charge in [-0.3, -0.25) is 4.79 Å². The van der Waals surface area contributed by atoms with E-state index in [4.69, 9.17) is 4.74 Å². The monoisotopic (exact) mass is 321 g/mol. The number of piperazine rings is 1.